The second-order valence-electron chi connectivity index (χ2n) is 5.57. The first-order valence-corrected chi connectivity index (χ1v) is 7.59. The zero-order valence-corrected chi connectivity index (χ0v) is 13.6. The van der Waals surface area contributed by atoms with Crippen molar-refractivity contribution in [1.29, 1.82) is 0 Å². The summed E-state index contributed by atoms with van der Waals surface area (Å²) in [7, 11) is 3.52. The van der Waals surface area contributed by atoms with Crippen molar-refractivity contribution in [2.24, 2.45) is 7.05 Å². The van der Waals surface area contributed by atoms with E-state index in [0.29, 0.717) is 37.8 Å². The van der Waals surface area contributed by atoms with Crippen molar-refractivity contribution in [3.63, 3.8) is 0 Å². The minimum absolute atomic E-state index is 0.0916. The number of rotatable bonds is 4. The minimum atomic E-state index is -0.0916. The lowest BCUT2D eigenvalue weighted by Gasteiger charge is -2.27. The molecular formula is C15H21N5O3. The van der Waals surface area contributed by atoms with Crippen molar-refractivity contribution in [1.82, 2.24) is 25.0 Å². The smallest absolute Gasteiger partial charge is 0.317 e. The average Bonchev–Trinajstić information content (AvgIpc) is 3.11. The first-order valence-electron chi connectivity index (χ1n) is 7.59. The van der Waals surface area contributed by atoms with Crippen molar-refractivity contribution in [3.8, 4) is 11.6 Å². The molecule has 3 heterocycles. The summed E-state index contributed by atoms with van der Waals surface area (Å²) in [5, 5.41) is 7.38. The molecule has 0 bridgehead atoms. The average molecular weight is 319 g/mol. The fourth-order valence-electron chi connectivity index (χ4n) is 2.77. The monoisotopic (exact) mass is 319 g/mol. The molecule has 0 fully saturated rings. The summed E-state index contributed by atoms with van der Waals surface area (Å²) in [6.45, 7) is 4.01. The first-order chi connectivity index (χ1) is 11.1. The van der Waals surface area contributed by atoms with Crippen LogP contribution in [-0.4, -0.2) is 52.5 Å². The van der Waals surface area contributed by atoms with Crippen molar-refractivity contribution >= 4 is 6.03 Å². The zero-order valence-electron chi connectivity index (χ0n) is 13.6. The molecule has 2 aromatic heterocycles. The number of carbonyl (C=O) groups excluding carboxylic acids is 1. The van der Waals surface area contributed by atoms with E-state index >= 15 is 0 Å². The molecule has 1 N–H and O–H groups in total. The molecule has 3 rings (SSSR count). The number of hydrogen-bond donors (Lipinski definition) is 1. The number of nitrogens with one attached hydrogen (secondary N) is 1. The summed E-state index contributed by atoms with van der Waals surface area (Å²) >= 11 is 0. The van der Waals surface area contributed by atoms with Gasteiger partial charge in [-0.2, -0.15) is 5.10 Å². The highest BCUT2D eigenvalue weighted by atomic mass is 16.5. The Morgan fingerprint density at radius 1 is 1.52 bits per heavy atom. The number of urea groups is 1. The summed E-state index contributed by atoms with van der Waals surface area (Å²) in [6.07, 6.45) is 2.44. The molecule has 0 atom stereocenters. The number of hydrogen-bond acceptors (Lipinski definition) is 5. The van der Waals surface area contributed by atoms with Crippen LogP contribution in [0.15, 0.2) is 10.6 Å². The molecule has 0 saturated heterocycles. The summed E-state index contributed by atoms with van der Waals surface area (Å²) in [6, 6.07) is -0.0916. The van der Waals surface area contributed by atoms with Crippen molar-refractivity contribution in [2.45, 2.75) is 19.9 Å². The number of methoxy groups -OCH3 is 1. The lowest BCUT2D eigenvalue weighted by Crippen LogP contribution is -2.43. The maximum absolute atomic E-state index is 12.2. The molecule has 8 heteroatoms. The maximum Gasteiger partial charge on any atom is 0.317 e. The van der Waals surface area contributed by atoms with Gasteiger partial charge in [-0.05, 0) is 6.92 Å². The van der Waals surface area contributed by atoms with Gasteiger partial charge in [0.2, 0.25) is 5.89 Å². The van der Waals surface area contributed by atoms with E-state index in [9.17, 15) is 4.79 Å². The number of amides is 2. The van der Waals surface area contributed by atoms with E-state index < -0.39 is 0 Å². The van der Waals surface area contributed by atoms with Gasteiger partial charge in [-0.3, -0.25) is 4.68 Å². The lowest BCUT2D eigenvalue weighted by atomic mass is 10.1. The molecule has 124 valence electrons. The van der Waals surface area contributed by atoms with Gasteiger partial charge in [-0.15, -0.1) is 0 Å². The third kappa shape index (κ3) is 3.07. The quantitative estimate of drug-likeness (QED) is 0.853. The predicted molar refractivity (Wildman–Crippen MR) is 82.8 cm³/mol. The van der Waals surface area contributed by atoms with Gasteiger partial charge in [0.25, 0.3) is 0 Å². The van der Waals surface area contributed by atoms with E-state index in [-0.39, 0.29) is 6.03 Å². The molecular weight excluding hydrogens is 298 g/mol. The Kier molecular flexibility index (Phi) is 4.33. The predicted octanol–water partition coefficient (Wildman–Crippen LogP) is 1.10. The normalized spacial score (nSPS) is 14.0. The van der Waals surface area contributed by atoms with Crippen LogP contribution in [0.4, 0.5) is 4.79 Å². The Bertz CT molecular complexity index is 706. The highest BCUT2D eigenvalue weighted by Gasteiger charge is 2.28. The Hall–Kier alpha value is -2.35. The first kappa shape index (κ1) is 15.5. The second kappa shape index (κ2) is 6.41. The van der Waals surface area contributed by atoms with Crippen LogP contribution in [0.2, 0.25) is 0 Å². The van der Waals surface area contributed by atoms with Gasteiger partial charge < -0.3 is 19.4 Å². The summed E-state index contributed by atoms with van der Waals surface area (Å²) < 4.78 is 12.4. The number of fused-ring (bicyclic) bond motifs is 1. The summed E-state index contributed by atoms with van der Waals surface area (Å²) in [5.41, 5.74) is 2.84. The Balaban J connectivity index is 1.80. The van der Waals surface area contributed by atoms with Crippen molar-refractivity contribution in [2.75, 3.05) is 26.8 Å². The molecule has 1 aliphatic rings. The van der Waals surface area contributed by atoms with Crippen LogP contribution in [0.25, 0.3) is 11.6 Å². The molecule has 8 nitrogen and oxygen atoms in total. The van der Waals surface area contributed by atoms with Crippen molar-refractivity contribution < 1.29 is 13.9 Å². The SMILES string of the molecule is COCCNC(=O)N1CCc2c(c(-c3ncc(C)o3)nn2C)C1. The van der Waals surface area contributed by atoms with E-state index in [4.69, 9.17) is 9.15 Å². The van der Waals surface area contributed by atoms with E-state index in [1.165, 1.54) is 0 Å². The van der Waals surface area contributed by atoms with Gasteiger partial charge in [0.05, 0.1) is 19.3 Å². The standard InChI is InChI=1S/C15H21N5O3/c1-10-8-17-14(23-10)13-11-9-20(15(21)16-5-7-22-3)6-4-12(11)19(2)18-13/h8H,4-7,9H2,1-3H3,(H,16,21). The fraction of sp³-hybridized carbons (Fsp3) is 0.533. The lowest BCUT2D eigenvalue weighted by molar-refractivity contribution is 0.176. The second-order valence-corrected chi connectivity index (χ2v) is 5.57. The van der Waals surface area contributed by atoms with E-state index in [1.807, 2.05) is 18.7 Å². The van der Waals surface area contributed by atoms with Crippen LogP contribution >= 0.6 is 0 Å². The van der Waals surface area contributed by atoms with E-state index in [1.54, 1.807) is 18.2 Å². The molecule has 1 aliphatic heterocycles. The molecule has 0 saturated carbocycles. The van der Waals surface area contributed by atoms with Crippen molar-refractivity contribution in [3.05, 3.63) is 23.2 Å². The fourth-order valence-corrected chi connectivity index (χ4v) is 2.77. The topological polar surface area (TPSA) is 85.4 Å². The molecule has 0 unspecified atom stereocenters. The van der Waals surface area contributed by atoms with Gasteiger partial charge in [0.1, 0.15) is 5.76 Å². The number of oxazole rings is 1. The van der Waals surface area contributed by atoms with Gasteiger partial charge in [0, 0.05) is 44.9 Å². The van der Waals surface area contributed by atoms with Gasteiger partial charge in [-0.1, -0.05) is 0 Å². The van der Waals surface area contributed by atoms with E-state index in [0.717, 1.165) is 23.4 Å². The molecule has 23 heavy (non-hydrogen) atoms. The largest absolute Gasteiger partial charge is 0.440 e. The van der Waals surface area contributed by atoms with Crippen LogP contribution in [-0.2, 0) is 24.8 Å². The van der Waals surface area contributed by atoms with Gasteiger partial charge >= 0.3 is 6.03 Å². The summed E-state index contributed by atoms with van der Waals surface area (Å²) in [5.74, 6) is 1.24. The third-order valence-corrected chi connectivity index (χ3v) is 3.94. The van der Waals surface area contributed by atoms with Crippen LogP contribution in [0.1, 0.15) is 17.0 Å². The van der Waals surface area contributed by atoms with Crippen LogP contribution < -0.4 is 5.32 Å². The molecule has 0 aliphatic carbocycles. The summed E-state index contributed by atoms with van der Waals surface area (Å²) in [4.78, 5) is 18.3. The number of aromatic nitrogens is 3. The number of aryl methyl sites for hydroxylation is 2. The molecule has 2 aromatic rings. The third-order valence-electron chi connectivity index (χ3n) is 3.94. The molecule has 0 spiro atoms. The highest BCUT2D eigenvalue weighted by molar-refractivity contribution is 5.75. The Labute approximate surface area is 134 Å². The van der Waals surface area contributed by atoms with Crippen LogP contribution in [0.5, 0.6) is 0 Å². The molecule has 0 radical (unpaired) electrons. The minimum Gasteiger partial charge on any atom is -0.440 e. The molecule has 0 aromatic carbocycles. The highest BCUT2D eigenvalue weighted by Crippen LogP contribution is 2.29. The van der Waals surface area contributed by atoms with E-state index in [2.05, 4.69) is 15.4 Å². The van der Waals surface area contributed by atoms with Gasteiger partial charge in [-0.25, -0.2) is 9.78 Å². The number of carbonyl (C=O) groups is 1. The number of ether oxygens (including phenoxy) is 1. The zero-order chi connectivity index (χ0) is 16.4. The Morgan fingerprint density at radius 3 is 3.04 bits per heavy atom. The number of nitrogens with zero attached hydrogens (tertiary/aromatic N) is 4. The molecule has 2 amide bonds. The van der Waals surface area contributed by atoms with Crippen LogP contribution in [0, 0.1) is 6.92 Å². The van der Waals surface area contributed by atoms with Gasteiger partial charge in [0.15, 0.2) is 5.69 Å². The van der Waals surface area contributed by atoms with Crippen LogP contribution in [0.3, 0.4) is 0 Å². The Morgan fingerprint density at radius 2 is 2.35 bits per heavy atom. The maximum atomic E-state index is 12.2.